The molecule has 0 unspecified atom stereocenters. The number of likely N-dealkylation sites (N-methyl/N-ethyl adjacent to an activating group) is 1. The van der Waals surface area contributed by atoms with Gasteiger partial charge in [0.2, 0.25) is 0 Å². The third kappa shape index (κ3) is 7.33. The zero-order valence-corrected chi connectivity index (χ0v) is 22.4. The van der Waals surface area contributed by atoms with Crippen LogP contribution in [0, 0.1) is 0 Å². The molecule has 2 amide bonds. The van der Waals surface area contributed by atoms with Crippen LogP contribution < -0.4 is 10.1 Å². The van der Waals surface area contributed by atoms with Crippen LogP contribution in [0.15, 0.2) is 84.9 Å². The van der Waals surface area contributed by atoms with Gasteiger partial charge in [0.15, 0.2) is 0 Å². The first kappa shape index (κ1) is 27.1. The van der Waals surface area contributed by atoms with Gasteiger partial charge < -0.3 is 19.9 Å². The molecular formula is C32H37N3O3. The Kier molecular flexibility index (Phi) is 9.71. The van der Waals surface area contributed by atoms with Gasteiger partial charge in [0, 0.05) is 26.2 Å². The highest BCUT2D eigenvalue weighted by molar-refractivity contribution is 6.35. The second-order valence-electron chi connectivity index (χ2n) is 9.77. The monoisotopic (exact) mass is 511 g/mol. The summed E-state index contributed by atoms with van der Waals surface area (Å²) in [6.45, 7) is 3.16. The second kappa shape index (κ2) is 13.6. The predicted octanol–water partition coefficient (Wildman–Crippen LogP) is 4.71. The highest BCUT2D eigenvalue weighted by atomic mass is 16.5. The van der Waals surface area contributed by atoms with Crippen LogP contribution >= 0.6 is 0 Å². The normalized spacial score (nSPS) is 13.8. The number of amides is 2. The topological polar surface area (TPSA) is 61.9 Å². The molecule has 38 heavy (non-hydrogen) atoms. The fourth-order valence-electron chi connectivity index (χ4n) is 4.68. The average molecular weight is 512 g/mol. The Balaban J connectivity index is 1.63. The zero-order valence-electron chi connectivity index (χ0n) is 22.4. The maximum absolute atomic E-state index is 12.6. The van der Waals surface area contributed by atoms with Crippen LogP contribution in [0.1, 0.15) is 36.0 Å². The van der Waals surface area contributed by atoms with Gasteiger partial charge in [0.1, 0.15) is 12.4 Å². The van der Waals surface area contributed by atoms with Crippen LogP contribution in [-0.2, 0) is 9.59 Å². The van der Waals surface area contributed by atoms with E-state index in [1.807, 2.05) is 62.6 Å². The van der Waals surface area contributed by atoms with Crippen molar-refractivity contribution >= 4 is 23.0 Å². The summed E-state index contributed by atoms with van der Waals surface area (Å²) in [5, 5.41) is 2.87. The van der Waals surface area contributed by atoms with Gasteiger partial charge in [0.05, 0.1) is 0 Å². The number of carbonyl (C=O) groups is 2. The third-order valence-corrected chi connectivity index (χ3v) is 6.68. The molecule has 0 aromatic heterocycles. The van der Waals surface area contributed by atoms with E-state index in [0.29, 0.717) is 32.7 Å². The van der Waals surface area contributed by atoms with Gasteiger partial charge in [-0.05, 0) is 73.3 Å². The lowest BCUT2D eigenvalue weighted by molar-refractivity contribution is -0.145. The number of likely N-dealkylation sites (tertiary alicyclic amines) is 1. The standard InChI is InChI=1S/C32H37N3O3/c1-34(2)23-24-38-28-17-15-27(16-18-28)30(26-13-7-4-8-14-26)29(25-11-5-3-6-12-25)19-20-33-31(36)32(37)35-21-9-10-22-35/h3-8,11-18H,9-10,19-24H2,1-2H3,(H,33,36)/b30-29-. The Labute approximate surface area is 225 Å². The summed E-state index contributed by atoms with van der Waals surface area (Å²) in [4.78, 5) is 28.8. The lowest BCUT2D eigenvalue weighted by Crippen LogP contribution is -2.41. The molecule has 0 bridgehead atoms. The lowest BCUT2D eigenvalue weighted by Gasteiger charge is -2.19. The Morgan fingerprint density at radius 2 is 1.39 bits per heavy atom. The van der Waals surface area contributed by atoms with Crippen molar-refractivity contribution in [3.05, 3.63) is 102 Å². The molecule has 1 saturated heterocycles. The van der Waals surface area contributed by atoms with Crippen molar-refractivity contribution in [2.75, 3.05) is 46.9 Å². The van der Waals surface area contributed by atoms with E-state index in [1.165, 1.54) is 0 Å². The van der Waals surface area contributed by atoms with Crippen LogP contribution in [0.3, 0.4) is 0 Å². The molecular weight excluding hydrogens is 474 g/mol. The fraction of sp³-hybridized carbons (Fsp3) is 0.312. The van der Waals surface area contributed by atoms with E-state index in [0.717, 1.165) is 53.0 Å². The minimum atomic E-state index is -0.528. The van der Waals surface area contributed by atoms with E-state index in [9.17, 15) is 9.59 Å². The van der Waals surface area contributed by atoms with Crippen molar-refractivity contribution in [2.45, 2.75) is 19.3 Å². The summed E-state index contributed by atoms with van der Waals surface area (Å²) in [5.74, 6) is -0.127. The number of hydrogen-bond donors (Lipinski definition) is 1. The molecule has 0 aliphatic carbocycles. The van der Waals surface area contributed by atoms with Crippen molar-refractivity contribution in [1.29, 1.82) is 0 Å². The van der Waals surface area contributed by atoms with E-state index in [4.69, 9.17) is 4.74 Å². The van der Waals surface area contributed by atoms with Crippen molar-refractivity contribution < 1.29 is 14.3 Å². The molecule has 4 rings (SSSR count). The van der Waals surface area contributed by atoms with Crippen molar-refractivity contribution in [3.63, 3.8) is 0 Å². The number of hydrogen-bond acceptors (Lipinski definition) is 4. The highest BCUT2D eigenvalue weighted by Crippen LogP contribution is 2.35. The van der Waals surface area contributed by atoms with E-state index in [-0.39, 0.29) is 0 Å². The van der Waals surface area contributed by atoms with Gasteiger partial charge in [0.25, 0.3) is 0 Å². The number of rotatable bonds is 10. The van der Waals surface area contributed by atoms with Gasteiger partial charge in [-0.3, -0.25) is 9.59 Å². The summed E-state index contributed by atoms with van der Waals surface area (Å²) in [5.41, 5.74) is 5.43. The molecule has 0 atom stereocenters. The molecule has 1 aliphatic rings. The van der Waals surface area contributed by atoms with Gasteiger partial charge in [-0.25, -0.2) is 0 Å². The number of nitrogens with one attached hydrogen (secondary N) is 1. The minimum absolute atomic E-state index is 0.366. The van der Waals surface area contributed by atoms with Crippen LogP contribution in [-0.4, -0.2) is 68.5 Å². The third-order valence-electron chi connectivity index (χ3n) is 6.68. The number of ether oxygens (including phenoxy) is 1. The second-order valence-corrected chi connectivity index (χ2v) is 9.77. The maximum Gasteiger partial charge on any atom is 0.311 e. The molecule has 1 aliphatic heterocycles. The SMILES string of the molecule is CN(C)CCOc1ccc(/C(=C(/CCNC(=O)C(=O)N2CCCC2)c2ccccc2)c2ccccc2)cc1. The van der Waals surface area contributed by atoms with Gasteiger partial charge in [-0.1, -0.05) is 72.8 Å². The number of nitrogens with zero attached hydrogens (tertiary/aromatic N) is 2. The summed E-state index contributed by atoms with van der Waals surface area (Å²) in [7, 11) is 4.05. The van der Waals surface area contributed by atoms with Crippen LogP contribution in [0.5, 0.6) is 5.75 Å². The van der Waals surface area contributed by atoms with Crippen LogP contribution in [0.2, 0.25) is 0 Å². The van der Waals surface area contributed by atoms with Crippen LogP contribution in [0.25, 0.3) is 11.1 Å². The molecule has 3 aromatic carbocycles. The van der Waals surface area contributed by atoms with Gasteiger partial charge >= 0.3 is 11.8 Å². The first-order chi connectivity index (χ1) is 18.5. The van der Waals surface area contributed by atoms with E-state index >= 15 is 0 Å². The van der Waals surface area contributed by atoms with E-state index < -0.39 is 11.8 Å². The molecule has 6 heteroatoms. The highest BCUT2D eigenvalue weighted by Gasteiger charge is 2.24. The molecule has 1 fully saturated rings. The first-order valence-electron chi connectivity index (χ1n) is 13.3. The lowest BCUT2D eigenvalue weighted by atomic mass is 9.88. The average Bonchev–Trinajstić information content (AvgIpc) is 3.49. The summed E-state index contributed by atoms with van der Waals surface area (Å²) < 4.78 is 5.92. The zero-order chi connectivity index (χ0) is 26.7. The minimum Gasteiger partial charge on any atom is -0.492 e. The number of benzene rings is 3. The van der Waals surface area contributed by atoms with Crippen molar-refractivity contribution in [2.24, 2.45) is 0 Å². The van der Waals surface area contributed by atoms with Crippen LogP contribution in [0.4, 0.5) is 0 Å². The predicted molar refractivity (Wildman–Crippen MR) is 153 cm³/mol. The van der Waals surface area contributed by atoms with Crippen molar-refractivity contribution in [1.82, 2.24) is 15.1 Å². The van der Waals surface area contributed by atoms with Gasteiger partial charge in [-0.15, -0.1) is 0 Å². The largest absolute Gasteiger partial charge is 0.492 e. The molecule has 198 valence electrons. The molecule has 3 aromatic rings. The molecule has 0 saturated carbocycles. The Morgan fingerprint density at radius 1 is 0.816 bits per heavy atom. The molecule has 0 spiro atoms. The summed E-state index contributed by atoms with van der Waals surface area (Å²) in [6.07, 6.45) is 2.49. The molecule has 0 radical (unpaired) electrons. The quantitative estimate of drug-likeness (QED) is 0.316. The Morgan fingerprint density at radius 3 is 2.00 bits per heavy atom. The fourth-order valence-corrected chi connectivity index (χ4v) is 4.68. The maximum atomic E-state index is 12.6. The number of carbonyl (C=O) groups excluding carboxylic acids is 2. The Hall–Kier alpha value is -3.90. The Bertz CT molecular complexity index is 1220. The molecule has 6 nitrogen and oxygen atoms in total. The summed E-state index contributed by atoms with van der Waals surface area (Å²) in [6, 6.07) is 28.7. The smallest absolute Gasteiger partial charge is 0.311 e. The van der Waals surface area contributed by atoms with Gasteiger partial charge in [-0.2, -0.15) is 0 Å². The summed E-state index contributed by atoms with van der Waals surface area (Å²) >= 11 is 0. The molecule has 1 N–H and O–H groups in total. The molecule has 1 heterocycles. The van der Waals surface area contributed by atoms with E-state index in [2.05, 4.69) is 46.6 Å². The first-order valence-corrected chi connectivity index (χ1v) is 13.3. The van der Waals surface area contributed by atoms with E-state index in [1.54, 1.807) is 4.90 Å². The van der Waals surface area contributed by atoms with Crippen molar-refractivity contribution in [3.8, 4) is 5.75 Å².